The molecule has 0 spiro atoms. The second-order valence-electron chi connectivity index (χ2n) is 7.10. The fourth-order valence-corrected chi connectivity index (χ4v) is 4.55. The van der Waals surface area contributed by atoms with Crippen LogP contribution in [-0.2, 0) is 10.2 Å². The van der Waals surface area contributed by atoms with Crippen molar-refractivity contribution < 1.29 is 9.13 Å². The molecular formula is C23H21FN2OS. The van der Waals surface area contributed by atoms with Crippen LogP contribution in [0.3, 0.4) is 0 Å². The van der Waals surface area contributed by atoms with E-state index in [2.05, 4.69) is 35.8 Å². The predicted octanol–water partition coefficient (Wildman–Crippen LogP) is 5.65. The third-order valence-corrected chi connectivity index (χ3v) is 6.27. The maximum Gasteiger partial charge on any atom is 0.124 e. The first kappa shape index (κ1) is 18.8. The molecule has 28 heavy (non-hydrogen) atoms. The second-order valence-corrected chi connectivity index (χ2v) is 8.24. The van der Waals surface area contributed by atoms with E-state index in [9.17, 15) is 9.65 Å². The van der Waals surface area contributed by atoms with Gasteiger partial charge in [0.15, 0.2) is 0 Å². The van der Waals surface area contributed by atoms with Crippen LogP contribution in [-0.4, -0.2) is 17.8 Å². The fourth-order valence-electron chi connectivity index (χ4n) is 3.65. The zero-order valence-electron chi connectivity index (χ0n) is 15.7. The van der Waals surface area contributed by atoms with Gasteiger partial charge in [-0.05, 0) is 79.9 Å². The highest BCUT2D eigenvalue weighted by molar-refractivity contribution is 7.99. The van der Waals surface area contributed by atoms with Crippen molar-refractivity contribution in [3.8, 4) is 11.8 Å². The van der Waals surface area contributed by atoms with Crippen molar-refractivity contribution >= 4 is 11.8 Å². The monoisotopic (exact) mass is 392 g/mol. The molecule has 0 radical (unpaired) electrons. The molecule has 4 rings (SSSR count). The Morgan fingerprint density at radius 2 is 1.82 bits per heavy atom. The van der Waals surface area contributed by atoms with Gasteiger partial charge in [0, 0.05) is 40.6 Å². The zero-order valence-corrected chi connectivity index (χ0v) is 16.5. The van der Waals surface area contributed by atoms with Crippen molar-refractivity contribution in [3.63, 3.8) is 0 Å². The van der Waals surface area contributed by atoms with Crippen LogP contribution in [0.4, 0.5) is 4.39 Å². The Kier molecular flexibility index (Phi) is 5.25. The number of aryl methyl sites for hydroxylation is 1. The van der Waals surface area contributed by atoms with Gasteiger partial charge in [0.25, 0.3) is 0 Å². The molecule has 0 amide bonds. The van der Waals surface area contributed by atoms with Crippen LogP contribution in [0.25, 0.3) is 5.69 Å². The standard InChI is InChI=1S/C23H21FN2OS/c1-17-3-2-10-26(17)20-4-6-21(7-5-20)28-22-14-18(13-19(24)15-22)23(16-25)8-11-27-12-9-23/h2-7,10,13-15H,8-9,11-12H2,1H3. The molecule has 0 unspecified atom stereocenters. The van der Waals surface area contributed by atoms with E-state index in [0.29, 0.717) is 26.1 Å². The van der Waals surface area contributed by atoms with Crippen molar-refractivity contribution in [3.05, 3.63) is 77.9 Å². The quantitative estimate of drug-likeness (QED) is 0.576. The lowest BCUT2D eigenvalue weighted by molar-refractivity contribution is 0.0674. The van der Waals surface area contributed by atoms with Gasteiger partial charge in [0.2, 0.25) is 0 Å². The molecule has 0 N–H and O–H groups in total. The molecule has 5 heteroatoms. The maximum absolute atomic E-state index is 14.3. The molecule has 0 atom stereocenters. The predicted molar refractivity (Wildman–Crippen MR) is 108 cm³/mol. The van der Waals surface area contributed by atoms with Crippen LogP contribution in [0, 0.1) is 24.1 Å². The number of rotatable bonds is 4. The van der Waals surface area contributed by atoms with Gasteiger partial charge >= 0.3 is 0 Å². The van der Waals surface area contributed by atoms with E-state index in [0.717, 1.165) is 21.0 Å². The average molecular weight is 392 g/mol. The molecule has 1 aromatic heterocycles. The van der Waals surface area contributed by atoms with Gasteiger partial charge in [-0.2, -0.15) is 5.26 Å². The van der Waals surface area contributed by atoms with Crippen LogP contribution in [0.2, 0.25) is 0 Å². The van der Waals surface area contributed by atoms with Crippen molar-refractivity contribution in [1.29, 1.82) is 5.26 Å². The Morgan fingerprint density at radius 1 is 1.07 bits per heavy atom. The summed E-state index contributed by atoms with van der Waals surface area (Å²) >= 11 is 1.51. The van der Waals surface area contributed by atoms with Crippen LogP contribution in [0.5, 0.6) is 0 Å². The van der Waals surface area contributed by atoms with Gasteiger partial charge in [-0.1, -0.05) is 11.8 Å². The van der Waals surface area contributed by atoms with Crippen LogP contribution in [0.1, 0.15) is 24.1 Å². The molecule has 3 nitrogen and oxygen atoms in total. The summed E-state index contributed by atoms with van der Waals surface area (Å²) in [5.74, 6) is -0.305. The van der Waals surface area contributed by atoms with E-state index in [1.54, 1.807) is 0 Å². The molecule has 2 heterocycles. The number of hydrogen-bond acceptors (Lipinski definition) is 3. The zero-order chi connectivity index (χ0) is 19.6. The molecule has 142 valence electrons. The van der Waals surface area contributed by atoms with Gasteiger partial charge in [-0.25, -0.2) is 4.39 Å². The van der Waals surface area contributed by atoms with E-state index in [4.69, 9.17) is 4.74 Å². The first-order valence-corrected chi connectivity index (χ1v) is 10.1. The third kappa shape index (κ3) is 3.71. The van der Waals surface area contributed by atoms with Crippen LogP contribution in [0.15, 0.2) is 70.6 Å². The first-order valence-electron chi connectivity index (χ1n) is 9.32. The van der Waals surface area contributed by atoms with Gasteiger partial charge in [0.1, 0.15) is 5.82 Å². The fraction of sp³-hybridized carbons (Fsp3) is 0.261. The van der Waals surface area contributed by atoms with Gasteiger partial charge < -0.3 is 9.30 Å². The average Bonchev–Trinajstić information content (AvgIpc) is 3.14. The summed E-state index contributed by atoms with van der Waals surface area (Å²) in [6.07, 6.45) is 3.23. The summed E-state index contributed by atoms with van der Waals surface area (Å²) in [4.78, 5) is 1.84. The molecular weight excluding hydrogens is 371 g/mol. The third-order valence-electron chi connectivity index (χ3n) is 5.29. The second kappa shape index (κ2) is 7.83. The van der Waals surface area contributed by atoms with E-state index >= 15 is 0 Å². The number of aromatic nitrogens is 1. The summed E-state index contributed by atoms with van der Waals surface area (Å²) in [7, 11) is 0. The van der Waals surface area contributed by atoms with Crippen molar-refractivity contribution in [2.75, 3.05) is 13.2 Å². The van der Waals surface area contributed by atoms with E-state index in [-0.39, 0.29) is 5.82 Å². The normalized spacial score (nSPS) is 15.9. The van der Waals surface area contributed by atoms with Crippen LogP contribution < -0.4 is 0 Å². The Morgan fingerprint density at radius 3 is 2.46 bits per heavy atom. The molecule has 3 aromatic rings. The molecule has 1 aliphatic rings. The molecule has 0 aliphatic carbocycles. The summed E-state index contributed by atoms with van der Waals surface area (Å²) in [5, 5.41) is 9.77. The van der Waals surface area contributed by atoms with E-state index in [1.165, 1.54) is 29.6 Å². The highest BCUT2D eigenvalue weighted by Crippen LogP contribution is 2.38. The smallest absolute Gasteiger partial charge is 0.124 e. The van der Waals surface area contributed by atoms with Crippen molar-refractivity contribution in [2.45, 2.75) is 35.0 Å². The summed E-state index contributed by atoms with van der Waals surface area (Å²) in [6.45, 7) is 3.14. The molecule has 0 bridgehead atoms. The van der Waals surface area contributed by atoms with E-state index in [1.807, 2.05) is 30.5 Å². The Balaban J connectivity index is 1.59. The van der Waals surface area contributed by atoms with Gasteiger partial charge in [-0.3, -0.25) is 0 Å². The largest absolute Gasteiger partial charge is 0.381 e. The lowest BCUT2D eigenvalue weighted by Gasteiger charge is -2.31. The highest BCUT2D eigenvalue weighted by atomic mass is 32.2. The number of nitriles is 1. The number of ether oxygens (including phenoxy) is 1. The number of halogens is 1. The Bertz CT molecular complexity index is 1010. The van der Waals surface area contributed by atoms with Gasteiger partial charge in [-0.15, -0.1) is 0 Å². The topological polar surface area (TPSA) is 38.0 Å². The molecule has 2 aromatic carbocycles. The lowest BCUT2D eigenvalue weighted by atomic mass is 9.75. The molecule has 1 fully saturated rings. The first-order chi connectivity index (χ1) is 13.6. The van der Waals surface area contributed by atoms with Gasteiger partial charge in [0.05, 0.1) is 11.5 Å². The Labute approximate surface area is 168 Å². The highest BCUT2D eigenvalue weighted by Gasteiger charge is 2.35. The van der Waals surface area contributed by atoms with Crippen molar-refractivity contribution in [2.24, 2.45) is 0 Å². The Hall–Kier alpha value is -2.55. The lowest BCUT2D eigenvalue weighted by Crippen LogP contribution is -2.32. The molecule has 1 saturated heterocycles. The van der Waals surface area contributed by atoms with E-state index < -0.39 is 5.41 Å². The summed E-state index contributed by atoms with van der Waals surface area (Å²) < 4.78 is 21.9. The number of hydrogen-bond donors (Lipinski definition) is 0. The minimum atomic E-state index is -0.661. The number of benzene rings is 2. The minimum absolute atomic E-state index is 0.305. The maximum atomic E-state index is 14.3. The number of nitrogens with zero attached hydrogens (tertiary/aromatic N) is 2. The van der Waals surface area contributed by atoms with Crippen molar-refractivity contribution in [1.82, 2.24) is 4.57 Å². The molecule has 0 saturated carbocycles. The van der Waals surface area contributed by atoms with Crippen LogP contribution >= 0.6 is 11.8 Å². The SMILES string of the molecule is Cc1cccn1-c1ccc(Sc2cc(F)cc(C3(C#N)CCOCC3)c2)cc1. The molecule has 1 aliphatic heterocycles. The summed E-state index contributed by atoms with van der Waals surface area (Å²) in [5.41, 5.74) is 2.36. The summed E-state index contributed by atoms with van der Waals surface area (Å²) in [6, 6.07) is 19.7. The minimum Gasteiger partial charge on any atom is -0.381 e.